The van der Waals surface area contributed by atoms with Gasteiger partial charge in [-0.05, 0) is 30.2 Å². The van der Waals surface area contributed by atoms with Gasteiger partial charge < -0.3 is 9.47 Å². The number of esters is 1. The lowest BCUT2D eigenvalue weighted by Crippen LogP contribution is -2.49. The van der Waals surface area contributed by atoms with Gasteiger partial charge in [0.25, 0.3) is 0 Å². The highest BCUT2D eigenvalue weighted by molar-refractivity contribution is 5.84. The van der Waals surface area contributed by atoms with E-state index in [1.165, 1.54) is 19.3 Å². The Balaban J connectivity index is 1.78. The van der Waals surface area contributed by atoms with Crippen molar-refractivity contribution in [1.29, 1.82) is 0 Å². The number of carbonyl (C=O) groups is 2. The van der Waals surface area contributed by atoms with Gasteiger partial charge in [0.15, 0.2) is 6.23 Å². The van der Waals surface area contributed by atoms with Crippen molar-refractivity contribution in [3.63, 3.8) is 0 Å². The number of ether oxygens (including phenoxy) is 2. The Kier molecular flexibility index (Phi) is 6.01. The number of cyclic esters (lactones) is 1. The molecule has 5 nitrogen and oxygen atoms in total. The molecule has 2 aliphatic rings. The number of nitrogens with zero attached hydrogens (tertiary/aromatic N) is 1. The number of benzene rings is 1. The minimum Gasteiger partial charge on any atom is -0.444 e. The van der Waals surface area contributed by atoms with Gasteiger partial charge in [-0.1, -0.05) is 77.3 Å². The second-order valence-electron chi connectivity index (χ2n) is 9.69. The molecule has 1 aromatic rings. The molecule has 1 amide bonds. The predicted octanol–water partition coefficient (Wildman–Crippen LogP) is 5.28. The second-order valence-corrected chi connectivity index (χ2v) is 9.69. The zero-order valence-corrected chi connectivity index (χ0v) is 17.6. The van der Waals surface area contributed by atoms with Crippen LogP contribution in [-0.2, 0) is 20.9 Å². The molecule has 0 radical (unpaired) electrons. The van der Waals surface area contributed by atoms with Crippen molar-refractivity contribution in [2.45, 2.75) is 85.1 Å². The van der Waals surface area contributed by atoms with E-state index in [4.69, 9.17) is 9.47 Å². The molecule has 1 aliphatic carbocycles. The molecular weight excluding hydrogens is 354 g/mol. The first-order valence-electron chi connectivity index (χ1n) is 10.4. The number of hydrogen-bond donors (Lipinski definition) is 0. The molecule has 1 saturated heterocycles. The normalized spacial score (nSPS) is 24.7. The summed E-state index contributed by atoms with van der Waals surface area (Å²) >= 11 is 0. The van der Waals surface area contributed by atoms with Gasteiger partial charge in [0.2, 0.25) is 0 Å². The molecule has 5 heteroatoms. The Morgan fingerprint density at radius 1 is 1.18 bits per heavy atom. The van der Waals surface area contributed by atoms with E-state index in [-0.39, 0.29) is 23.4 Å². The quantitative estimate of drug-likeness (QED) is 0.659. The van der Waals surface area contributed by atoms with Crippen LogP contribution in [0.1, 0.15) is 71.8 Å². The van der Waals surface area contributed by atoms with Gasteiger partial charge >= 0.3 is 12.1 Å². The molecule has 2 atom stereocenters. The zero-order chi connectivity index (χ0) is 20.4. The van der Waals surface area contributed by atoms with Crippen molar-refractivity contribution in [2.75, 3.05) is 0 Å². The largest absolute Gasteiger partial charge is 0.444 e. The monoisotopic (exact) mass is 387 g/mol. The summed E-state index contributed by atoms with van der Waals surface area (Å²) in [6.45, 7) is 8.36. The van der Waals surface area contributed by atoms with Gasteiger partial charge in [-0.3, -0.25) is 4.90 Å². The Bertz CT molecular complexity index is 688. The van der Waals surface area contributed by atoms with E-state index in [1.54, 1.807) is 4.90 Å². The van der Waals surface area contributed by atoms with Gasteiger partial charge in [0, 0.05) is 5.41 Å². The first kappa shape index (κ1) is 20.7. The van der Waals surface area contributed by atoms with Crippen LogP contribution < -0.4 is 0 Å². The van der Waals surface area contributed by atoms with E-state index in [9.17, 15) is 9.59 Å². The summed E-state index contributed by atoms with van der Waals surface area (Å²) in [5, 5.41) is 0. The summed E-state index contributed by atoms with van der Waals surface area (Å²) in [6.07, 6.45) is 5.34. The van der Waals surface area contributed by atoms with Crippen LogP contribution in [0.2, 0.25) is 0 Å². The average Bonchev–Trinajstić information content (AvgIpc) is 2.97. The predicted molar refractivity (Wildman–Crippen MR) is 107 cm³/mol. The van der Waals surface area contributed by atoms with Crippen molar-refractivity contribution >= 4 is 12.1 Å². The number of amides is 1. The maximum Gasteiger partial charge on any atom is 0.413 e. The van der Waals surface area contributed by atoms with E-state index in [0.717, 1.165) is 18.4 Å². The molecule has 1 heterocycles. The van der Waals surface area contributed by atoms with Crippen LogP contribution in [0, 0.1) is 10.8 Å². The molecule has 1 aromatic carbocycles. The zero-order valence-electron chi connectivity index (χ0n) is 17.6. The molecule has 2 fully saturated rings. The first-order chi connectivity index (χ1) is 13.2. The lowest BCUT2D eigenvalue weighted by molar-refractivity contribution is -0.147. The van der Waals surface area contributed by atoms with Gasteiger partial charge in [-0.25, -0.2) is 9.59 Å². The number of rotatable bonds is 4. The van der Waals surface area contributed by atoms with Crippen LogP contribution in [0.15, 0.2) is 30.3 Å². The molecule has 28 heavy (non-hydrogen) atoms. The van der Waals surface area contributed by atoms with Crippen LogP contribution in [0.3, 0.4) is 0 Å². The summed E-state index contributed by atoms with van der Waals surface area (Å²) in [5.74, 6) is -0.302. The summed E-state index contributed by atoms with van der Waals surface area (Å²) in [6, 6.07) is 9.01. The fraction of sp³-hybridized carbons (Fsp3) is 0.652. The molecule has 2 unspecified atom stereocenters. The van der Waals surface area contributed by atoms with E-state index < -0.39 is 18.4 Å². The summed E-state index contributed by atoms with van der Waals surface area (Å²) in [7, 11) is 0. The molecule has 0 aromatic heterocycles. The van der Waals surface area contributed by atoms with Crippen LogP contribution in [0.4, 0.5) is 4.79 Å². The second kappa shape index (κ2) is 8.14. The first-order valence-corrected chi connectivity index (χ1v) is 10.4. The third kappa shape index (κ3) is 4.68. The van der Waals surface area contributed by atoms with Crippen LogP contribution >= 0.6 is 0 Å². The topological polar surface area (TPSA) is 55.8 Å². The van der Waals surface area contributed by atoms with Gasteiger partial charge in [0.1, 0.15) is 12.6 Å². The van der Waals surface area contributed by atoms with E-state index in [2.05, 4.69) is 6.92 Å². The van der Waals surface area contributed by atoms with Gasteiger partial charge in [0.05, 0.1) is 0 Å². The van der Waals surface area contributed by atoms with Crippen LogP contribution in [0.25, 0.3) is 0 Å². The van der Waals surface area contributed by atoms with Crippen LogP contribution in [0.5, 0.6) is 0 Å². The summed E-state index contributed by atoms with van der Waals surface area (Å²) < 4.78 is 11.3. The molecule has 0 N–H and O–H groups in total. The maximum absolute atomic E-state index is 13.0. The third-order valence-corrected chi connectivity index (χ3v) is 5.99. The highest BCUT2D eigenvalue weighted by atomic mass is 16.6. The lowest BCUT2D eigenvalue weighted by atomic mass is 9.71. The average molecular weight is 388 g/mol. The minimum atomic E-state index is -0.611. The SMILES string of the molecule is CC1(CC2C(=O)OC(C(C)(C)C)N2C(=O)OCc2ccccc2)CCCCC1. The molecule has 154 valence electrons. The Labute approximate surface area is 168 Å². The smallest absolute Gasteiger partial charge is 0.413 e. The minimum absolute atomic E-state index is 0.0622. The highest BCUT2D eigenvalue weighted by Crippen LogP contribution is 2.43. The fourth-order valence-corrected chi connectivity index (χ4v) is 4.39. The summed E-state index contributed by atoms with van der Waals surface area (Å²) in [5.41, 5.74) is 0.599. The Hall–Kier alpha value is -2.04. The van der Waals surface area contributed by atoms with Crippen molar-refractivity contribution < 1.29 is 19.1 Å². The van der Waals surface area contributed by atoms with Gasteiger partial charge in [-0.2, -0.15) is 0 Å². The molecule has 1 saturated carbocycles. The molecule has 0 bridgehead atoms. The van der Waals surface area contributed by atoms with Crippen molar-refractivity contribution in [3.8, 4) is 0 Å². The molecule has 0 spiro atoms. The number of carbonyl (C=O) groups excluding carboxylic acids is 2. The standard InChI is InChI=1S/C23H33NO4/c1-22(2,3)20-24(21(26)27-16-17-11-7-5-8-12-17)18(19(25)28-20)15-23(4)13-9-6-10-14-23/h5,7-8,11-12,18,20H,6,9-10,13-16H2,1-4H3. The molecule has 3 rings (SSSR count). The fourth-order valence-electron chi connectivity index (χ4n) is 4.39. The molecular formula is C23H33NO4. The van der Waals surface area contributed by atoms with Crippen molar-refractivity contribution in [1.82, 2.24) is 4.90 Å². The summed E-state index contributed by atoms with van der Waals surface area (Å²) in [4.78, 5) is 27.4. The van der Waals surface area contributed by atoms with Gasteiger partial charge in [-0.15, -0.1) is 0 Å². The Morgan fingerprint density at radius 3 is 2.43 bits per heavy atom. The van der Waals surface area contributed by atoms with E-state index >= 15 is 0 Å². The van der Waals surface area contributed by atoms with Crippen molar-refractivity contribution in [3.05, 3.63) is 35.9 Å². The number of hydrogen-bond acceptors (Lipinski definition) is 4. The maximum atomic E-state index is 13.0. The third-order valence-electron chi connectivity index (χ3n) is 5.99. The van der Waals surface area contributed by atoms with E-state index in [1.807, 2.05) is 51.1 Å². The van der Waals surface area contributed by atoms with Crippen molar-refractivity contribution in [2.24, 2.45) is 10.8 Å². The van der Waals surface area contributed by atoms with E-state index in [0.29, 0.717) is 6.42 Å². The molecule has 1 aliphatic heterocycles. The van der Waals surface area contributed by atoms with Crippen LogP contribution in [-0.4, -0.2) is 29.2 Å². The lowest BCUT2D eigenvalue weighted by Gasteiger charge is -2.38. The highest BCUT2D eigenvalue weighted by Gasteiger charge is 2.52. The Morgan fingerprint density at radius 2 is 1.82 bits per heavy atom.